The lowest BCUT2D eigenvalue weighted by atomic mass is 10.3. The van der Waals surface area contributed by atoms with Gasteiger partial charge in [-0.25, -0.2) is 13.4 Å². The van der Waals surface area contributed by atoms with E-state index in [1.54, 1.807) is 30.3 Å². The van der Waals surface area contributed by atoms with E-state index in [4.69, 9.17) is 4.42 Å². The molecule has 0 amide bonds. The molecule has 2 heterocycles. The van der Waals surface area contributed by atoms with Crippen LogP contribution in [-0.2, 0) is 22.5 Å². The van der Waals surface area contributed by atoms with E-state index in [0.717, 1.165) is 17.6 Å². The van der Waals surface area contributed by atoms with Crippen molar-refractivity contribution in [3.05, 3.63) is 47.4 Å². The molecule has 7 nitrogen and oxygen atoms in total. The van der Waals surface area contributed by atoms with Gasteiger partial charge in [0.1, 0.15) is 9.88 Å². The second kappa shape index (κ2) is 6.72. The van der Waals surface area contributed by atoms with E-state index in [2.05, 4.69) is 15.2 Å². The molecule has 3 aromatic rings. The van der Waals surface area contributed by atoms with Crippen LogP contribution in [0.2, 0.25) is 0 Å². The highest BCUT2D eigenvalue weighted by Crippen LogP contribution is 2.31. The molecule has 138 valence electrons. The number of halogens is 2. The number of hydrogen-bond donors (Lipinski definition) is 0. The molecule has 3 rings (SSSR count). The van der Waals surface area contributed by atoms with Crippen LogP contribution in [0.5, 0.6) is 0 Å². The quantitative estimate of drug-likeness (QED) is 0.631. The van der Waals surface area contributed by atoms with Crippen LogP contribution in [0.3, 0.4) is 0 Å². The Balaban J connectivity index is 1.86. The fourth-order valence-corrected chi connectivity index (χ4v) is 3.87. The third kappa shape index (κ3) is 4.05. The Morgan fingerprint density at radius 1 is 1.23 bits per heavy atom. The number of nitrogens with zero attached hydrogens (tertiary/aromatic N) is 4. The topological polar surface area (TPSA) is 89.2 Å². The average molecular weight is 400 g/mol. The molecule has 0 aliphatic carbocycles. The molecule has 1 aromatic carbocycles. The molecule has 0 saturated carbocycles. The van der Waals surface area contributed by atoms with Gasteiger partial charge in [-0.2, -0.15) is 8.78 Å². The Labute approximate surface area is 152 Å². The first kappa shape index (κ1) is 18.4. The van der Waals surface area contributed by atoms with Crippen LogP contribution in [0.1, 0.15) is 17.8 Å². The second-order valence-corrected chi connectivity index (χ2v) is 8.55. The number of benzene rings is 1. The minimum Gasteiger partial charge on any atom is -0.414 e. The van der Waals surface area contributed by atoms with Crippen molar-refractivity contribution in [3.8, 4) is 10.8 Å². The molecular formula is C15H14F2N4O3S2. The summed E-state index contributed by atoms with van der Waals surface area (Å²) >= 11 is 1.09. The van der Waals surface area contributed by atoms with Gasteiger partial charge < -0.3 is 4.42 Å². The average Bonchev–Trinajstić information content (AvgIpc) is 3.21. The molecule has 0 N–H and O–H groups in total. The predicted molar refractivity (Wildman–Crippen MR) is 92.4 cm³/mol. The minimum atomic E-state index is -3.54. The van der Waals surface area contributed by atoms with E-state index in [1.165, 1.54) is 10.5 Å². The summed E-state index contributed by atoms with van der Waals surface area (Å²) in [5.74, 6) is -4.11. The number of rotatable bonds is 6. The lowest BCUT2D eigenvalue weighted by molar-refractivity contribution is -0.0105. The molecular weight excluding hydrogens is 386 g/mol. The van der Waals surface area contributed by atoms with Gasteiger partial charge in [0, 0.05) is 6.92 Å². The SMILES string of the molecule is CC(F)(F)c1nnc(-c2cnc(CN(c3ccccc3)S(C)(=O)=O)s2)o1. The van der Waals surface area contributed by atoms with E-state index in [-0.39, 0.29) is 12.4 Å². The third-order valence-corrected chi connectivity index (χ3v) is 5.40. The maximum absolute atomic E-state index is 13.2. The van der Waals surface area contributed by atoms with Gasteiger partial charge in [-0.1, -0.05) is 18.2 Å². The van der Waals surface area contributed by atoms with E-state index in [9.17, 15) is 17.2 Å². The summed E-state index contributed by atoms with van der Waals surface area (Å²) in [5.41, 5.74) is 0.498. The van der Waals surface area contributed by atoms with Crippen LogP contribution >= 0.6 is 11.3 Å². The number of para-hydroxylation sites is 1. The van der Waals surface area contributed by atoms with E-state index >= 15 is 0 Å². The zero-order valence-corrected chi connectivity index (χ0v) is 15.4. The Kier molecular flexibility index (Phi) is 4.76. The molecule has 0 fully saturated rings. The van der Waals surface area contributed by atoms with Crippen LogP contribution in [-0.4, -0.2) is 29.9 Å². The Bertz CT molecular complexity index is 997. The molecule has 0 radical (unpaired) electrons. The van der Waals surface area contributed by atoms with Gasteiger partial charge in [-0.3, -0.25) is 4.31 Å². The largest absolute Gasteiger partial charge is 0.414 e. The minimum absolute atomic E-state index is 0.00154. The standard InChI is InChI=1S/C15H14F2N4O3S2/c1-15(16,17)14-20-19-13(24-14)11-8-18-12(25-11)9-21(26(2,22)23)10-6-4-3-5-7-10/h3-8H,9H2,1-2H3. The number of hydrogen-bond acceptors (Lipinski definition) is 7. The third-order valence-electron chi connectivity index (χ3n) is 3.29. The summed E-state index contributed by atoms with van der Waals surface area (Å²) in [6.07, 6.45) is 2.48. The molecule has 0 aliphatic rings. The highest BCUT2D eigenvalue weighted by atomic mass is 32.2. The van der Waals surface area contributed by atoms with Crippen molar-refractivity contribution >= 4 is 27.0 Å². The summed E-state index contributed by atoms with van der Waals surface area (Å²) in [6, 6.07) is 8.58. The second-order valence-electron chi connectivity index (χ2n) is 5.52. The van der Waals surface area contributed by atoms with E-state index in [0.29, 0.717) is 22.5 Å². The highest BCUT2D eigenvalue weighted by molar-refractivity contribution is 7.92. The smallest absolute Gasteiger partial charge is 0.321 e. The molecule has 2 aromatic heterocycles. The fourth-order valence-electron chi connectivity index (χ4n) is 2.10. The van der Waals surface area contributed by atoms with Crippen LogP contribution in [0, 0.1) is 0 Å². The maximum Gasteiger partial charge on any atom is 0.321 e. The molecule has 0 atom stereocenters. The van der Waals surface area contributed by atoms with Gasteiger partial charge in [0.2, 0.25) is 10.0 Å². The molecule has 0 spiro atoms. The van der Waals surface area contributed by atoms with Crippen LogP contribution in [0.15, 0.2) is 40.9 Å². The zero-order valence-electron chi connectivity index (χ0n) is 13.8. The van der Waals surface area contributed by atoms with Crippen LogP contribution in [0.4, 0.5) is 14.5 Å². The predicted octanol–water partition coefficient (Wildman–Crippen LogP) is 3.27. The van der Waals surface area contributed by atoms with Crippen molar-refractivity contribution in [2.24, 2.45) is 0 Å². The normalized spacial score (nSPS) is 12.3. The Hall–Kier alpha value is -2.40. The summed E-state index contributed by atoms with van der Waals surface area (Å²) in [5, 5.41) is 7.38. The van der Waals surface area contributed by atoms with Gasteiger partial charge in [0.15, 0.2) is 0 Å². The first-order valence-corrected chi connectivity index (χ1v) is 10.0. The van der Waals surface area contributed by atoms with Gasteiger partial charge in [-0.05, 0) is 12.1 Å². The molecule has 0 saturated heterocycles. The van der Waals surface area contributed by atoms with Crippen molar-refractivity contribution in [2.45, 2.75) is 19.4 Å². The van der Waals surface area contributed by atoms with Crippen molar-refractivity contribution in [3.63, 3.8) is 0 Å². The zero-order chi connectivity index (χ0) is 18.9. The highest BCUT2D eigenvalue weighted by Gasteiger charge is 2.32. The monoisotopic (exact) mass is 400 g/mol. The summed E-state index contributed by atoms with van der Waals surface area (Å²) in [6.45, 7) is 0.657. The van der Waals surface area contributed by atoms with E-state index in [1.807, 2.05) is 0 Å². The van der Waals surface area contributed by atoms with Gasteiger partial charge in [0.05, 0.1) is 24.7 Å². The lowest BCUT2D eigenvalue weighted by Crippen LogP contribution is -2.29. The van der Waals surface area contributed by atoms with Crippen molar-refractivity contribution in [2.75, 3.05) is 10.6 Å². The summed E-state index contributed by atoms with van der Waals surface area (Å²) < 4.78 is 56.8. The number of alkyl halides is 2. The lowest BCUT2D eigenvalue weighted by Gasteiger charge is -2.21. The summed E-state index contributed by atoms with van der Waals surface area (Å²) in [4.78, 5) is 4.52. The number of aromatic nitrogens is 3. The van der Waals surface area contributed by atoms with Crippen molar-refractivity contribution in [1.82, 2.24) is 15.2 Å². The molecule has 0 bridgehead atoms. The maximum atomic E-state index is 13.2. The van der Waals surface area contributed by atoms with Gasteiger partial charge in [0.25, 0.3) is 11.8 Å². The molecule has 0 aliphatic heterocycles. The molecule has 11 heteroatoms. The summed E-state index contributed by atoms with van der Waals surface area (Å²) in [7, 11) is -3.54. The first-order chi connectivity index (χ1) is 12.1. The first-order valence-electron chi connectivity index (χ1n) is 7.34. The number of anilines is 1. The Morgan fingerprint density at radius 2 is 1.92 bits per heavy atom. The molecule has 26 heavy (non-hydrogen) atoms. The molecule has 0 unspecified atom stereocenters. The fraction of sp³-hybridized carbons (Fsp3) is 0.267. The Morgan fingerprint density at radius 3 is 2.50 bits per heavy atom. The van der Waals surface area contributed by atoms with Crippen LogP contribution < -0.4 is 4.31 Å². The van der Waals surface area contributed by atoms with Crippen molar-refractivity contribution in [1.29, 1.82) is 0 Å². The van der Waals surface area contributed by atoms with Crippen LogP contribution in [0.25, 0.3) is 10.8 Å². The van der Waals surface area contributed by atoms with Crippen molar-refractivity contribution < 1.29 is 21.6 Å². The number of thiazole rings is 1. The number of sulfonamides is 1. The van der Waals surface area contributed by atoms with Gasteiger partial charge in [-0.15, -0.1) is 21.5 Å². The van der Waals surface area contributed by atoms with E-state index < -0.39 is 21.8 Å². The van der Waals surface area contributed by atoms with Gasteiger partial charge >= 0.3 is 5.92 Å².